The Hall–Kier alpha value is -2.44. The van der Waals surface area contributed by atoms with Gasteiger partial charge in [0.15, 0.2) is 5.65 Å². The number of nitrogens with one attached hydrogen (secondary N) is 1. The Kier molecular flexibility index (Phi) is 2.70. The maximum absolute atomic E-state index is 13.1. The zero-order valence-electron chi connectivity index (χ0n) is 11.0. The van der Waals surface area contributed by atoms with Crippen molar-refractivity contribution in [2.75, 3.05) is 5.73 Å². The SMILES string of the molecule is Cc1ccc(-n2nc(C(F)F)c3c(N)[nH]nc32)c(C)c1. The first-order valence-corrected chi connectivity index (χ1v) is 6.07. The number of anilines is 1. The molecule has 104 valence electrons. The zero-order chi connectivity index (χ0) is 14.4. The van der Waals surface area contributed by atoms with Gasteiger partial charge in [0.05, 0.1) is 11.1 Å². The molecule has 0 saturated carbocycles. The average molecular weight is 277 g/mol. The van der Waals surface area contributed by atoms with E-state index in [1.54, 1.807) is 0 Å². The predicted molar refractivity (Wildman–Crippen MR) is 72.1 cm³/mol. The number of halogens is 2. The molecule has 0 aliphatic heterocycles. The van der Waals surface area contributed by atoms with Crippen LogP contribution in [0.5, 0.6) is 0 Å². The Balaban J connectivity index is 2.31. The summed E-state index contributed by atoms with van der Waals surface area (Å²) >= 11 is 0. The van der Waals surface area contributed by atoms with Crippen LogP contribution in [0, 0.1) is 13.8 Å². The lowest BCUT2D eigenvalue weighted by atomic mass is 10.1. The largest absolute Gasteiger partial charge is 0.383 e. The summed E-state index contributed by atoms with van der Waals surface area (Å²) in [7, 11) is 0. The summed E-state index contributed by atoms with van der Waals surface area (Å²) in [6.07, 6.45) is -2.70. The number of nitrogen functional groups attached to an aromatic ring is 1. The lowest BCUT2D eigenvalue weighted by molar-refractivity contribution is 0.147. The first-order valence-electron chi connectivity index (χ1n) is 6.07. The summed E-state index contributed by atoms with van der Waals surface area (Å²) in [5.74, 6) is 0.103. The minimum absolute atomic E-state index is 0.103. The third kappa shape index (κ3) is 1.74. The van der Waals surface area contributed by atoms with Crippen molar-refractivity contribution in [2.24, 2.45) is 0 Å². The van der Waals surface area contributed by atoms with E-state index in [2.05, 4.69) is 15.3 Å². The minimum atomic E-state index is -2.70. The van der Waals surface area contributed by atoms with Crippen molar-refractivity contribution in [1.82, 2.24) is 20.0 Å². The topological polar surface area (TPSA) is 72.5 Å². The number of aryl methyl sites for hydroxylation is 2. The molecular formula is C13H13F2N5. The molecule has 3 aromatic rings. The molecule has 3 rings (SSSR count). The van der Waals surface area contributed by atoms with Crippen LogP contribution in [0.4, 0.5) is 14.6 Å². The number of alkyl halides is 2. The smallest absolute Gasteiger partial charge is 0.282 e. The molecule has 2 heterocycles. The van der Waals surface area contributed by atoms with Gasteiger partial charge in [0.2, 0.25) is 0 Å². The van der Waals surface area contributed by atoms with Crippen molar-refractivity contribution in [1.29, 1.82) is 0 Å². The van der Waals surface area contributed by atoms with Crippen molar-refractivity contribution in [3.8, 4) is 5.69 Å². The number of hydrogen-bond acceptors (Lipinski definition) is 3. The Morgan fingerprint density at radius 3 is 2.70 bits per heavy atom. The molecule has 0 spiro atoms. The van der Waals surface area contributed by atoms with E-state index in [4.69, 9.17) is 5.73 Å². The molecule has 3 N–H and O–H groups in total. The van der Waals surface area contributed by atoms with Gasteiger partial charge in [0, 0.05) is 0 Å². The molecule has 20 heavy (non-hydrogen) atoms. The van der Waals surface area contributed by atoms with Crippen molar-refractivity contribution in [3.05, 3.63) is 35.0 Å². The summed E-state index contributed by atoms with van der Waals surface area (Å²) in [6, 6.07) is 5.69. The zero-order valence-corrected chi connectivity index (χ0v) is 11.0. The lowest BCUT2D eigenvalue weighted by Gasteiger charge is -2.06. The molecule has 0 amide bonds. The van der Waals surface area contributed by atoms with E-state index < -0.39 is 6.43 Å². The highest BCUT2D eigenvalue weighted by Crippen LogP contribution is 2.31. The number of hydrogen-bond donors (Lipinski definition) is 2. The predicted octanol–water partition coefficient (Wildman–Crippen LogP) is 2.89. The fourth-order valence-electron chi connectivity index (χ4n) is 2.32. The van der Waals surface area contributed by atoms with E-state index in [-0.39, 0.29) is 16.9 Å². The minimum Gasteiger partial charge on any atom is -0.383 e. The number of aromatic amines is 1. The summed E-state index contributed by atoms with van der Waals surface area (Å²) in [4.78, 5) is 0. The average Bonchev–Trinajstić information content (AvgIpc) is 2.91. The van der Waals surface area contributed by atoms with E-state index >= 15 is 0 Å². The first kappa shape index (κ1) is 12.6. The molecule has 2 aromatic heterocycles. The van der Waals surface area contributed by atoms with Gasteiger partial charge in [-0.05, 0) is 25.5 Å². The fraction of sp³-hybridized carbons (Fsp3) is 0.231. The molecule has 0 radical (unpaired) electrons. The normalized spacial score (nSPS) is 11.7. The van der Waals surface area contributed by atoms with Crippen molar-refractivity contribution >= 4 is 16.9 Å². The number of rotatable bonds is 2. The monoisotopic (exact) mass is 277 g/mol. The number of aromatic nitrogens is 4. The third-order valence-electron chi connectivity index (χ3n) is 3.23. The molecule has 0 saturated heterocycles. The highest BCUT2D eigenvalue weighted by molar-refractivity contribution is 5.90. The second-order valence-corrected chi connectivity index (χ2v) is 4.72. The van der Waals surface area contributed by atoms with Crippen molar-refractivity contribution in [2.45, 2.75) is 20.3 Å². The van der Waals surface area contributed by atoms with Crippen LogP contribution in [0.2, 0.25) is 0 Å². The van der Waals surface area contributed by atoms with Crippen LogP contribution in [0.1, 0.15) is 23.2 Å². The third-order valence-corrected chi connectivity index (χ3v) is 3.23. The van der Waals surface area contributed by atoms with Gasteiger partial charge in [0.1, 0.15) is 11.5 Å². The second-order valence-electron chi connectivity index (χ2n) is 4.72. The van der Waals surface area contributed by atoms with Crippen LogP contribution in [0.3, 0.4) is 0 Å². The van der Waals surface area contributed by atoms with Crippen LogP contribution >= 0.6 is 0 Å². The first-order chi connectivity index (χ1) is 9.49. The fourth-order valence-corrected chi connectivity index (χ4v) is 2.32. The molecule has 0 aliphatic rings. The summed E-state index contributed by atoms with van der Waals surface area (Å²) in [5.41, 5.74) is 8.34. The van der Waals surface area contributed by atoms with Crippen LogP contribution in [0.15, 0.2) is 18.2 Å². The molecule has 0 bridgehead atoms. The molecule has 0 fully saturated rings. The number of fused-ring (bicyclic) bond motifs is 1. The van der Waals surface area contributed by atoms with Gasteiger partial charge in [-0.15, -0.1) is 0 Å². The van der Waals surface area contributed by atoms with Gasteiger partial charge < -0.3 is 5.73 Å². The van der Waals surface area contributed by atoms with Gasteiger partial charge in [-0.3, -0.25) is 5.10 Å². The van der Waals surface area contributed by atoms with E-state index in [1.807, 2.05) is 32.0 Å². The maximum Gasteiger partial charge on any atom is 0.282 e. The van der Waals surface area contributed by atoms with Gasteiger partial charge in [-0.2, -0.15) is 10.2 Å². The van der Waals surface area contributed by atoms with Crippen LogP contribution in [0.25, 0.3) is 16.7 Å². The van der Waals surface area contributed by atoms with E-state index in [1.165, 1.54) is 4.68 Å². The van der Waals surface area contributed by atoms with Crippen LogP contribution in [-0.4, -0.2) is 20.0 Å². The summed E-state index contributed by atoms with van der Waals surface area (Å²) in [5, 5.41) is 10.7. The van der Waals surface area contributed by atoms with Crippen molar-refractivity contribution in [3.63, 3.8) is 0 Å². The van der Waals surface area contributed by atoms with E-state index in [9.17, 15) is 8.78 Å². The van der Waals surface area contributed by atoms with Crippen LogP contribution < -0.4 is 5.73 Å². The Bertz CT molecular complexity index is 788. The van der Waals surface area contributed by atoms with Gasteiger partial charge in [-0.25, -0.2) is 13.5 Å². The standard InChI is InChI=1S/C13H13F2N5/c1-6-3-4-8(7(2)5-6)20-13-9(12(16)17-18-13)10(19-20)11(14)15/h3-5,11H,1-2H3,(H3,16,17,18). The van der Waals surface area contributed by atoms with Crippen LogP contribution in [-0.2, 0) is 0 Å². The number of H-pyrrole nitrogens is 1. The van der Waals surface area contributed by atoms with Gasteiger partial charge in [0.25, 0.3) is 6.43 Å². The molecule has 0 aliphatic carbocycles. The Labute approximate surface area is 113 Å². The summed E-state index contributed by atoms with van der Waals surface area (Å²) < 4.78 is 27.6. The summed E-state index contributed by atoms with van der Waals surface area (Å²) in [6.45, 7) is 3.86. The van der Waals surface area contributed by atoms with Crippen molar-refractivity contribution < 1.29 is 8.78 Å². The van der Waals surface area contributed by atoms with E-state index in [0.29, 0.717) is 11.3 Å². The van der Waals surface area contributed by atoms with Gasteiger partial charge in [-0.1, -0.05) is 17.7 Å². The molecule has 5 nitrogen and oxygen atoms in total. The number of nitrogens with zero attached hydrogens (tertiary/aromatic N) is 3. The molecule has 1 aromatic carbocycles. The number of benzene rings is 1. The second kappa shape index (κ2) is 4.29. The Morgan fingerprint density at radius 1 is 1.30 bits per heavy atom. The highest BCUT2D eigenvalue weighted by Gasteiger charge is 2.24. The number of nitrogens with two attached hydrogens (primary N) is 1. The Morgan fingerprint density at radius 2 is 2.05 bits per heavy atom. The molecule has 7 heteroatoms. The van der Waals surface area contributed by atoms with Gasteiger partial charge >= 0.3 is 0 Å². The quantitative estimate of drug-likeness (QED) is 0.756. The molecule has 0 unspecified atom stereocenters. The lowest BCUT2D eigenvalue weighted by Crippen LogP contribution is -2.01. The maximum atomic E-state index is 13.1. The molecule has 0 atom stereocenters. The molecular weight excluding hydrogens is 264 g/mol. The van der Waals surface area contributed by atoms with E-state index in [0.717, 1.165) is 11.1 Å². The highest BCUT2D eigenvalue weighted by atomic mass is 19.3.